The van der Waals surface area contributed by atoms with Crippen LogP contribution in [0.25, 0.3) is 95.3 Å². The van der Waals surface area contributed by atoms with Crippen LogP contribution in [0.2, 0.25) is 0 Å². The van der Waals surface area contributed by atoms with Gasteiger partial charge in [0.15, 0.2) is 0 Å². The van der Waals surface area contributed by atoms with Crippen LogP contribution in [0.1, 0.15) is 30.5 Å². The van der Waals surface area contributed by atoms with Crippen LogP contribution in [0.4, 0.5) is 102 Å². The van der Waals surface area contributed by atoms with Crippen LogP contribution < -0.4 is 29.4 Å². The molecule has 23 aromatic rings. The fourth-order valence-electron chi connectivity index (χ4n) is 19.0. The van der Waals surface area contributed by atoms with E-state index in [0.29, 0.717) is 0 Å². The minimum atomic E-state index is -0.137. The van der Waals surface area contributed by atoms with Crippen LogP contribution in [0, 0.1) is 0 Å². The maximum Gasteiger partial charge on any atom is 0.135 e. The highest BCUT2D eigenvalue weighted by molar-refractivity contribution is 7.26. The Balaban J connectivity index is 0.000000152. The summed E-state index contributed by atoms with van der Waals surface area (Å²) in [4.78, 5) is 13.1. The lowest BCUT2D eigenvalue weighted by Crippen LogP contribution is -2.15. The van der Waals surface area contributed by atoms with E-state index in [1.807, 2.05) is 125 Å². The molecule has 0 aliphatic heterocycles. The molecule has 3 aromatic heterocycles. The third-order valence-electron chi connectivity index (χ3n) is 25.1. The summed E-state index contributed by atoms with van der Waals surface area (Å²) in [5.41, 5.74) is 25.6. The van der Waals surface area contributed by atoms with Crippen molar-refractivity contribution in [2.24, 2.45) is 0 Å². The zero-order valence-corrected chi connectivity index (χ0v) is 72.9. The third-order valence-corrected chi connectivity index (χ3v) is 27.3. The van der Waals surface area contributed by atoms with Gasteiger partial charge in [-0.1, -0.05) is 275 Å². The van der Waals surface area contributed by atoms with Crippen LogP contribution in [-0.2, 0) is 5.41 Å². The Kier molecular flexibility index (Phi) is 19.1. The molecule has 0 N–H and O–H groups in total. The Morgan fingerprint density at radius 3 is 0.954 bits per heavy atom. The fraction of sp³-hybridized carbons (Fsp3) is 0.0248. The highest BCUT2D eigenvalue weighted by atomic mass is 32.1. The Bertz CT molecular complexity index is 8250. The van der Waals surface area contributed by atoms with Gasteiger partial charge in [-0.05, 0) is 263 Å². The van der Waals surface area contributed by atoms with Crippen molar-refractivity contribution >= 4 is 198 Å². The summed E-state index contributed by atoms with van der Waals surface area (Å²) in [6.45, 7) is 4.62. The van der Waals surface area contributed by atoms with Crippen LogP contribution in [0.5, 0.6) is 0 Å². The summed E-state index contributed by atoms with van der Waals surface area (Å²) in [5, 5.41) is 9.32. The van der Waals surface area contributed by atoms with E-state index in [0.717, 1.165) is 133 Å². The van der Waals surface area contributed by atoms with Crippen LogP contribution in [-0.4, -0.2) is 0 Å². The van der Waals surface area contributed by atoms with Gasteiger partial charge < -0.3 is 33.8 Å². The zero-order chi connectivity index (χ0) is 90.1. The molecule has 0 amide bonds. The van der Waals surface area contributed by atoms with Crippen LogP contribution >= 0.6 is 22.7 Å². The second-order valence-corrected chi connectivity index (χ2v) is 35.4. The topological polar surface area (TPSA) is 32.6 Å². The van der Waals surface area contributed by atoms with Crippen molar-refractivity contribution in [3.63, 3.8) is 0 Å². The second kappa shape index (κ2) is 33.6. The second-order valence-electron chi connectivity index (χ2n) is 33.2. The summed E-state index contributed by atoms with van der Waals surface area (Å²) in [5.74, 6) is 0. The quantitative estimate of drug-likeness (QED) is 0.0798. The number of thiophene rings is 2. The fourth-order valence-corrected chi connectivity index (χ4v) is 21.4. The van der Waals surface area contributed by atoms with E-state index in [9.17, 15) is 5.48 Å². The number of furan rings is 1. The van der Waals surface area contributed by atoms with E-state index in [2.05, 4.69) is 385 Å². The molecule has 0 bridgehead atoms. The number of anilines is 18. The molecule has 0 atom stereocenters. The molecule has 3 heterocycles. The molecular formula is C121H86N6OS2. The number of nitrogens with zero attached hydrogens (tertiary/aromatic N) is 6. The maximum absolute atomic E-state index is 9.61. The molecule has 1 aliphatic carbocycles. The summed E-state index contributed by atoms with van der Waals surface area (Å²) in [6, 6.07) is 161. The average molecular weight is 1710 g/mol. The molecule has 1 aliphatic rings. The first kappa shape index (κ1) is 74.0. The average Bonchev–Trinajstić information content (AvgIpc) is 1.70. The number of hydrogen-bond donors (Lipinski definition) is 0. The molecule has 7 nitrogen and oxygen atoms in total. The van der Waals surface area contributed by atoms with E-state index < -0.39 is 0 Å². The summed E-state index contributed by atoms with van der Waals surface area (Å²) in [7, 11) is 0. The molecule has 0 fully saturated rings. The third kappa shape index (κ3) is 14.5. The van der Waals surface area contributed by atoms with E-state index in [1.165, 1.54) is 64.3 Å². The minimum Gasteiger partial charge on any atom is -0.456 e. The molecule has 24 rings (SSSR count). The van der Waals surface area contributed by atoms with Crippen LogP contribution in [0.3, 0.4) is 0 Å². The molecule has 0 saturated heterocycles. The summed E-state index contributed by atoms with van der Waals surface area (Å²) < 4.78 is 49.3. The molecule has 618 valence electrons. The summed E-state index contributed by atoms with van der Waals surface area (Å²) >= 11 is 3.54. The van der Waals surface area contributed by atoms with Gasteiger partial charge in [0.05, 0.1) is 11.2 Å². The van der Waals surface area contributed by atoms with Crippen molar-refractivity contribution in [3.8, 4) is 22.3 Å². The van der Waals surface area contributed by atoms with Gasteiger partial charge in [0.1, 0.15) is 11.2 Å². The predicted octanol–water partition coefficient (Wildman–Crippen LogP) is 36.0. The van der Waals surface area contributed by atoms with Gasteiger partial charge in [-0.3, -0.25) is 0 Å². The molecule has 0 radical (unpaired) electrons. The van der Waals surface area contributed by atoms with E-state index in [-0.39, 0.29) is 41.0 Å². The van der Waals surface area contributed by atoms with Gasteiger partial charge in [0, 0.05) is 159 Å². The number of benzene rings is 20. The van der Waals surface area contributed by atoms with E-state index in [1.54, 1.807) is 16.2 Å². The van der Waals surface area contributed by atoms with Gasteiger partial charge in [0.25, 0.3) is 0 Å². The lowest BCUT2D eigenvalue weighted by Gasteiger charge is -2.29. The van der Waals surface area contributed by atoms with Crippen LogP contribution in [0.15, 0.2) is 490 Å². The van der Waals surface area contributed by atoms with Crippen molar-refractivity contribution in [2.75, 3.05) is 29.4 Å². The predicted molar refractivity (Wildman–Crippen MR) is 555 cm³/mol. The lowest BCUT2D eigenvalue weighted by atomic mass is 9.82. The number of para-hydroxylation sites is 8. The van der Waals surface area contributed by atoms with Crippen molar-refractivity contribution in [2.45, 2.75) is 19.3 Å². The van der Waals surface area contributed by atoms with Gasteiger partial charge in [-0.2, -0.15) is 0 Å². The van der Waals surface area contributed by atoms with Crippen molar-refractivity contribution in [1.82, 2.24) is 0 Å². The molecule has 0 unspecified atom stereocenters. The Hall–Kier alpha value is -16.3. The number of rotatable bonds is 19. The molecule has 20 aromatic carbocycles. The SMILES string of the molecule is [2H]c1c([2H])c(N(c2ccccc2)c2ccc3c(c2)sc2cc(N(c4ccccc4)c4ccc5c(c4)-c4ccccc4C5(C)C)ccc23)c([2H])c([2H])c1N(c1ccccc1)c1ccccc1.c1ccc(-c2ccc(N(c3ccccc3)c3ccc(N(c4ccc5c(c4)sc4cc(N(c6ccccc6)c6ccccc6)ccc45)c4ccc5oc6ccccc6c5c4)cc3)c3ccccc23)cc1. The van der Waals surface area contributed by atoms with Gasteiger partial charge in [0.2, 0.25) is 0 Å². The zero-order valence-electron chi connectivity index (χ0n) is 75.3. The Morgan fingerprint density at radius 2 is 0.500 bits per heavy atom. The normalized spacial score (nSPS) is 12.4. The number of fused-ring (bicyclic) bond motifs is 13. The number of hydrogen-bond acceptors (Lipinski definition) is 9. The standard InChI is InChI=1S/C64H43N3OS.C57H43N3S/c1-5-17-44(18-6-1)53-38-39-60(55-26-14-13-25-54(53)55)67(47-23-11-4-12-24-47)49-31-29-48(30-32-49)66(50-35-40-62-59(41-50)56-27-15-16-28-61(56)68-62)52-34-37-58-57-36-33-51(42-63(57)69-64(58)43-52)65(45-19-7-2-8-20-45)46-21-9-3-10-22-46;1-57(2)53-26-16-15-25-49(53)52-37-46(33-36-54(52)57)60(43-23-13-6-14-24-43)48-32-35-51-50-34-31-47(38-55(50)61-56(51)39-48)59(42-21-11-5-12-22-42)45-29-27-44(28-30-45)58(40-17-7-3-8-18-40)41-19-9-4-10-20-41/h1-43H;3-39H,1-2H3/i;27D,28D,29D,30D. The maximum atomic E-state index is 9.61. The van der Waals surface area contributed by atoms with E-state index in [4.69, 9.17) is 4.42 Å². The summed E-state index contributed by atoms with van der Waals surface area (Å²) in [6.07, 6.45) is 0. The lowest BCUT2D eigenvalue weighted by molar-refractivity contribution is 0.660. The molecule has 130 heavy (non-hydrogen) atoms. The minimum absolute atomic E-state index is 0.0835. The van der Waals surface area contributed by atoms with Gasteiger partial charge in [-0.15, -0.1) is 22.7 Å². The van der Waals surface area contributed by atoms with E-state index >= 15 is 0 Å². The van der Waals surface area contributed by atoms with Gasteiger partial charge >= 0.3 is 0 Å². The van der Waals surface area contributed by atoms with Crippen molar-refractivity contribution < 1.29 is 9.90 Å². The highest BCUT2D eigenvalue weighted by Gasteiger charge is 2.36. The smallest absolute Gasteiger partial charge is 0.135 e. The monoisotopic (exact) mass is 1710 g/mol. The molecular weight excluding hydrogens is 1620 g/mol. The Labute approximate surface area is 769 Å². The van der Waals surface area contributed by atoms with Crippen molar-refractivity contribution in [3.05, 3.63) is 496 Å². The molecule has 0 saturated carbocycles. The first-order chi connectivity index (χ1) is 65.9. The largest absolute Gasteiger partial charge is 0.456 e. The van der Waals surface area contributed by atoms with Crippen molar-refractivity contribution in [1.29, 1.82) is 0 Å². The first-order valence-corrected chi connectivity index (χ1v) is 45.6. The molecule has 9 heteroatoms. The highest BCUT2D eigenvalue weighted by Crippen LogP contribution is 2.54. The van der Waals surface area contributed by atoms with Gasteiger partial charge in [-0.25, -0.2) is 0 Å². The first-order valence-electron chi connectivity index (χ1n) is 45.9. The Morgan fingerprint density at radius 1 is 0.200 bits per heavy atom. The molecule has 0 spiro atoms.